The second-order valence-corrected chi connectivity index (χ2v) is 5.76. The van der Waals surface area contributed by atoms with Gasteiger partial charge in [-0.2, -0.15) is 5.10 Å². The van der Waals surface area contributed by atoms with Crippen LogP contribution in [0.2, 0.25) is 0 Å². The summed E-state index contributed by atoms with van der Waals surface area (Å²) in [6.45, 7) is 0.187. The zero-order chi connectivity index (χ0) is 15.4. The number of hydrogen-bond acceptors (Lipinski definition) is 2. The Morgan fingerprint density at radius 2 is 1.73 bits per heavy atom. The van der Waals surface area contributed by atoms with Gasteiger partial charge in [-0.1, -0.05) is 42.5 Å². The molecule has 1 amide bonds. The first kappa shape index (κ1) is 14.5. The first-order valence-electron chi connectivity index (χ1n) is 6.84. The van der Waals surface area contributed by atoms with Crippen molar-refractivity contribution >= 4 is 27.5 Å². The SMILES string of the molecule is O=C(Cn1cc(Br)cn1)Nc1ccc(-c2ccccc2)cc1. The molecule has 0 atom stereocenters. The van der Waals surface area contributed by atoms with E-state index in [0.717, 1.165) is 21.3 Å². The molecule has 1 heterocycles. The summed E-state index contributed by atoms with van der Waals surface area (Å²) in [6, 6.07) is 17.9. The van der Waals surface area contributed by atoms with E-state index in [4.69, 9.17) is 0 Å². The Labute approximate surface area is 136 Å². The number of carbonyl (C=O) groups is 1. The number of nitrogens with one attached hydrogen (secondary N) is 1. The van der Waals surface area contributed by atoms with Crippen LogP contribution in [0, 0.1) is 0 Å². The van der Waals surface area contributed by atoms with Crippen molar-refractivity contribution in [1.82, 2.24) is 9.78 Å². The molecule has 5 heteroatoms. The van der Waals surface area contributed by atoms with Gasteiger partial charge in [0, 0.05) is 11.9 Å². The Bertz CT molecular complexity index is 766. The molecule has 3 rings (SSSR count). The molecule has 0 radical (unpaired) electrons. The molecule has 0 aliphatic carbocycles. The standard InChI is InChI=1S/C17H14BrN3O/c18-15-10-19-21(11-15)12-17(22)20-16-8-6-14(7-9-16)13-4-2-1-3-5-13/h1-11H,12H2,(H,20,22). The summed E-state index contributed by atoms with van der Waals surface area (Å²) in [5, 5.41) is 6.92. The normalized spacial score (nSPS) is 10.4. The average Bonchev–Trinajstić information content (AvgIpc) is 2.94. The van der Waals surface area contributed by atoms with E-state index in [1.54, 1.807) is 17.1 Å². The van der Waals surface area contributed by atoms with Gasteiger partial charge < -0.3 is 5.32 Å². The number of benzene rings is 2. The molecule has 0 saturated carbocycles. The van der Waals surface area contributed by atoms with Crippen molar-refractivity contribution < 1.29 is 4.79 Å². The van der Waals surface area contributed by atoms with Crippen LogP contribution in [0.3, 0.4) is 0 Å². The molecule has 0 aliphatic heterocycles. The molecule has 0 fully saturated rings. The third-order valence-corrected chi connectivity index (χ3v) is 3.59. The predicted octanol–water partition coefficient (Wildman–Crippen LogP) is 3.95. The highest BCUT2D eigenvalue weighted by Crippen LogP contribution is 2.21. The number of carbonyl (C=O) groups excluding carboxylic acids is 1. The van der Waals surface area contributed by atoms with Crippen molar-refractivity contribution in [2.45, 2.75) is 6.54 Å². The number of halogens is 1. The summed E-state index contributed by atoms with van der Waals surface area (Å²) in [6.07, 6.45) is 3.42. The Morgan fingerprint density at radius 3 is 2.36 bits per heavy atom. The molecule has 0 saturated heterocycles. The largest absolute Gasteiger partial charge is 0.324 e. The molecule has 110 valence electrons. The van der Waals surface area contributed by atoms with Gasteiger partial charge in [-0.3, -0.25) is 9.48 Å². The van der Waals surface area contributed by atoms with Gasteiger partial charge in [-0.25, -0.2) is 0 Å². The van der Waals surface area contributed by atoms with Crippen LogP contribution in [0.4, 0.5) is 5.69 Å². The minimum atomic E-state index is -0.108. The molecular weight excluding hydrogens is 342 g/mol. The Balaban J connectivity index is 1.65. The lowest BCUT2D eigenvalue weighted by atomic mass is 10.1. The molecular formula is C17H14BrN3O. The Kier molecular flexibility index (Phi) is 4.34. The Hall–Kier alpha value is -2.40. The fraction of sp³-hybridized carbons (Fsp3) is 0.0588. The second-order valence-electron chi connectivity index (χ2n) is 4.85. The van der Waals surface area contributed by atoms with E-state index >= 15 is 0 Å². The summed E-state index contributed by atoms with van der Waals surface area (Å²) < 4.78 is 2.44. The van der Waals surface area contributed by atoms with E-state index in [9.17, 15) is 4.79 Å². The number of amides is 1. The number of rotatable bonds is 4. The lowest BCUT2D eigenvalue weighted by molar-refractivity contribution is -0.116. The first-order chi connectivity index (χ1) is 10.7. The van der Waals surface area contributed by atoms with Crippen LogP contribution in [0.1, 0.15) is 0 Å². The van der Waals surface area contributed by atoms with Crippen molar-refractivity contribution in [3.05, 3.63) is 71.5 Å². The number of aromatic nitrogens is 2. The van der Waals surface area contributed by atoms with Gasteiger partial charge >= 0.3 is 0 Å². The summed E-state index contributed by atoms with van der Waals surface area (Å²) in [4.78, 5) is 12.0. The van der Waals surface area contributed by atoms with Gasteiger partial charge in [0.1, 0.15) is 6.54 Å². The third kappa shape index (κ3) is 3.62. The third-order valence-electron chi connectivity index (χ3n) is 3.18. The molecule has 0 spiro atoms. The maximum Gasteiger partial charge on any atom is 0.246 e. The summed E-state index contributed by atoms with van der Waals surface area (Å²) in [7, 11) is 0. The van der Waals surface area contributed by atoms with Gasteiger partial charge in [0.05, 0.1) is 10.7 Å². The van der Waals surface area contributed by atoms with Crippen LogP contribution in [-0.4, -0.2) is 15.7 Å². The van der Waals surface area contributed by atoms with E-state index < -0.39 is 0 Å². The van der Waals surface area contributed by atoms with Gasteiger partial charge in [0.15, 0.2) is 0 Å². The fourth-order valence-corrected chi connectivity index (χ4v) is 2.48. The van der Waals surface area contributed by atoms with Gasteiger partial charge in [0.25, 0.3) is 0 Å². The molecule has 1 aromatic heterocycles. The molecule has 1 N–H and O–H groups in total. The average molecular weight is 356 g/mol. The predicted molar refractivity (Wildman–Crippen MR) is 90.4 cm³/mol. The topological polar surface area (TPSA) is 46.9 Å². The maximum absolute atomic E-state index is 12.0. The molecule has 4 nitrogen and oxygen atoms in total. The lowest BCUT2D eigenvalue weighted by Crippen LogP contribution is -2.18. The summed E-state index contributed by atoms with van der Waals surface area (Å²) >= 11 is 3.30. The van der Waals surface area contributed by atoms with E-state index in [1.807, 2.05) is 42.5 Å². The van der Waals surface area contributed by atoms with Crippen molar-refractivity contribution in [3.63, 3.8) is 0 Å². The zero-order valence-electron chi connectivity index (χ0n) is 11.7. The van der Waals surface area contributed by atoms with E-state index in [2.05, 4.69) is 38.5 Å². The molecule has 2 aromatic carbocycles. The van der Waals surface area contributed by atoms with Crippen LogP contribution in [0.5, 0.6) is 0 Å². The van der Waals surface area contributed by atoms with Crippen molar-refractivity contribution in [3.8, 4) is 11.1 Å². The van der Waals surface area contributed by atoms with Gasteiger partial charge in [0.2, 0.25) is 5.91 Å². The molecule has 0 bridgehead atoms. The zero-order valence-corrected chi connectivity index (χ0v) is 13.3. The van der Waals surface area contributed by atoms with E-state index in [0.29, 0.717) is 0 Å². The first-order valence-corrected chi connectivity index (χ1v) is 7.63. The minimum Gasteiger partial charge on any atom is -0.324 e. The smallest absolute Gasteiger partial charge is 0.246 e. The van der Waals surface area contributed by atoms with Crippen molar-refractivity contribution in [2.24, 2.45) is 0 Å². The Morgan fingerprint density at radius 1 is 1.05 bits per heavy atom. The summed E-state index contributed by atoms with van der Waals surface area (Å²) in [5.41, 5.74) is 3.05. The van der Waals surface area contributed by atoms with E-state index in [1.165, 1.54) is 0 Å². The lowest BCUT2D eigenvalue weighted by Gasteiger charge is -2.07. The second kappa shape index (κ2) is 6.58. The number of anilines is 1. The molecule has 3 aromatic rings. The van der Waals surface area contributed by atoms with Crippen LogP contribution in [-0.2, 0) is 11.3 Å². The monoisotopic (exact) mass is 355 g/mol. The quantitative estimate of drug-likeness (QED) is 0.770. The number of nitrogens with zero attached hydrogens (tertiary/aromatic N) is 2. The van der Waals surface area contributed by atoms with Crippen LogP contribution < -0.4 is 5.32 Å². The number of hydrogen-bond donors (Lipinski definition) is 1. The highest BCUT2D eigenvalue weighted by molar-refractivity contribution is 9.10. The highest BCUT2D eigenvalue weighted by Gasteiger charge is 2.05. The maximum atomic E-state index is 12.0. The fourth-order valence-electron chi connectivity index (χ4n) is 2.15. The van der Waals surface area contributed by atoms with Gasteiger partial charge in [-0.15, -0.1) is 0 Å². The van der Waals surface area contributed by atoms with E-state index in [-0.39, 0.29) is 12.5 Å². The molecule has 0 aliphatic rings. The van der Waals surface area contributed by atoms with Crippen LogP contribution in [0.25, 0.3) is 11.1 Å². The highest BCUT2D eigenvalue weighted by atomic mass is 79.9. The van der Waals surface area contributed by atoms with Gasteiger partial charge in [-0.05, 0) is 39.2 Å². The molecule has 22 heavy (non-hydrogen) atoms. The van der Waals surface area contributed by atoms with Crippen molar-refractivity contribution in [1.29, 1.82) is 0 Å². The van der Waals surface area contributed by atoms with Crippen molar-refractivity contribution in [2.75, 3.05) is 5.32 Å². The molecule has 0 unspecified atom stereocenters. The van der Waals surface area contributed by atoms with Crippen LogP contribution >= 0.6 is 15.9 Å². The minimum absolute atomic E-state index is 0.108. The summed E-state index contributed by atoms with van der Waals surface area (Å²) in [5.74, 6) is -0.108. The van der Waals surface area contributed by atoms with Crippen LogP contribution in [0.15, 0.2) is 71.5 Å².